The lowest BCUT2D eigenvalue weighted by Crippen LogP contribution is -2.37. The molecule has 0 bridgehead atoms. The van der Waals surface area contributed by atoms with E-state index in [1.165, 1.54) is 23.3 Å². The third-order valence-corrected chi connectivity index (χ3v) is 4.20. The van der Waals surface area contributed by atoms with Crippen LogP contribution in [-0.4, -0.2) is 17.7 Å². The summed E-state index contributed by atoms with van der Waals surface area (Å²) in [5.74, 6) is -0.275. The Kier molecular flexibility index (Phi) is 4.32. The third-order valence-electron chi connectivity index (χ3n) is 4.20. The summed E-state index contributed by atoms with van der Waals surface area (Å²) in [4.78, 5) is 0. The van der Waals surface area contributed by atoms with E-state index in [9.17, 15) is 9.50 Å². The minimum atomic E-state index is -0.595. The van der Waals surface area contributed by atoms with Gasteiger partial charge in [-0.2, -0.15) is 0 Å². The van der Waals surface area contributed by atoms with Crippen LogP contribution < -0.4 is 5.32 Å². The smallest absolute Gasteiger partial charge is 0.123 e. The maximum Gasteiger partial charge on any atom is 0.123 e. The van der Waals surface area contributed by atoms with Gasteiger partial charge in [0.15, 0.2) is 0 Å². The van der Waals surface area contributed by atoms with Gasteiger partial charge in [0.2, 0.25) is 0 Å². The lowest BCUT2D eigenvalue weighted by Gasteiger charge is -2.26. The van der Waals surface area contributed by atoms with Gasteiger partial charge in [0, 0.05) is 12.6 Å². The fraction of sp³-hybridized carbons (Fsp3) is 0.333. The topological polar surface area (TPSA) is 32.3 Å². The average molecular weight is 285 g/mol. The van der Waals surface area contributed by atoms with Gasteiger partial charge in [-0.3, -0.25) is 0 Å². The number of hydrogen-bond acceptors (Lipinski definition) is 2. The Bertz CT molecular complexity index is 596. The summed E-state index contributed by atoms with van der Waals surface area (Å²) in [6, 6.07) is 15.0. The van der Waals surface area contributed by atoms with Gasteiger partial charge in [0.05, 0.1) is 6.10 Å². The molecule has 2 N–H and O–H groups in total. The molecule has 3 rings (SSSR count). The molecule has 21 heavy (non-hydrogen) atoms. The number of nitrogens with one attached hydrogen (secondary N) is 1. The van der Waals surface area contributed by atoms with Crippen LogP contribution in [0.5, 0.6) is 0 Å². The quantitative estimate of drug-likeness (QED) is 0.905. The monoisotopic (exact) mass is 285 g/mol. The van der Waals surface area contributed by atoms with E-state index in [0.717, 1.165) is 24.8 Å². The van der Waals surface area contributed by atoms with Crippen LogP contribution in [0.4, 0.5) is 4.39 Å². The van der Waals surface area contributed by atoms with Crippen LogP contribution in [-0.2, 0) is 12.8 Å². The van der Waals surface area contributed by atoms with Crippen molar-refractivity contribution < 1.29 is 9.50 Å². The first-order valence-corrected chi connectivity index (χ1v) is 7.46. The van der Waals surface area contributed by atoms with E-state index in [1.807, 2.05) is 0 Å². The van der Waals surface area contributed by atoms with Crippen molar-refractivity contribution in [3.05, 3.63) is 71.0 Å². The summed E-state index contributed by atoms with van der Waals surface area (Å²) in [7, 11) is 0. The molecule has 0 amide bonds. The van der Waals surface area contributed by atoms with Gasteiger partial charge in [-0.05, 0) is 48.1 Å². The lowest BCUT2D eigenvalue weighted by atomic mass is 9.88. The van der Waals surface area contributed by atoms with E-state index >= 15 is 0 Å². The fourth-order valence-corrected chi connectivity index (χ4v) is 2.95. The second-order valence-corrected chi connectivity index (χ2v) is 5.68. The van der Waals surface area contributed by atoms with Crippen LogP contribution in [0.25, 0.3) is 0 Å². The van der Waals surface area contributed by atoms with Gasteiger partial charge in [0.1, 0.15) is 5.82 Å². The standard InChI is InChI=1S/C18H20FNO/c19-16-8-5-14(6-9-16)18(21)12-20-17-10-7-13-3-1-2-4-15(13)11-17/h1-6,8-9,17-18,20-21H,7,10-12H2. The second-order valence-electron chi connectivity index (χ2n) is 5.68. The summed E-state index contributed by atoms with van der Waals surface area (Å²) in [6.07, 6.45) is 2.59. The maximum absolute atomic E-state index is 12.9. The van der Waals surface area contributed by atoms with E-state index in [0.29, 0.717) is 12.6 Å². The Morgan fingerprint density at radius 3 is 2.57 bits per heavy atom. The van der Waals surface area contributed by atoms with Crippen LogP contribution in [0.2, 0.25) is 0 Å². The summed E-state index contributed by atoms with van der Waals surface area (Å²) < 4.78 is 12.9. The van der Waals surface area contributed by atoms with Crippen molar-refractivity contribution in [3.8, 4) is 0 Å². The zero-order chi connectivity index (χ0) is 14.7. The largest absolute Gasteiger partial charge is 0.387 e. The molecule has 2 aromatic carbocycles. The van der Waals surface area contributed by atoms with Crippen molar-refractivity contribution in [3.63, 3.8) is 0 Å². The highest BCUT2D eigenvalue weighted by molar-refractivity contribution is 5.30. The lowest BCUT2D eigenvalue weighted by molar-refractivity contribution is 0.168. The van der Waals surface area contributed by atoms with Gasteiger partial charge in [0.25, 0.3) is 0 Å². The van der Waals surface area contributed by atoms with Gasteiger partial charge in [-0.1, -0.05) is 36.4 Å². The normalized spacial score (nSPS) is 19.0. The highest BCUT2D eigenvalue weighted by Gasteiger charge is 2.18. The highest BCUT2D eigenvalue weighted by atomic mass is 19.1. The van der Waals surface area contributed by atoms with Crippen LogP contribution in [0.1, 0.15) is 29.2 Å². The van der Waals surface area contributed by atoms with Crippen molar-refractivity contribution in [1.29, 1.82) is 0 Å². The number of benzene rings is 2. The Morgan fingerprint density at radius 1 is 1.10 bits per heavy atom. The van der Waals surface area contributed by atoms with Crippen molar-refractivity contribution >= 4 is 0 Å². The van der Waals surface area contributed by atoms with E-state index < -0.39 is 6.10 Å². The van der Waals surface area contributed by atoms with E-state index in [4.69, 9.17) is 0 Å². The molecule has 0 radical (unpaired) electrons. The van der Waals surface area contributed by atoms with Gasteiger partial charge in [-0.25, -0.2) is 4.39 Å². The molecule has 0 saturated heterocycles. The number of fused-ring (bicyclic) bond motifs is 1. The molecule has 2 unspecified atom stereocenters. The first-order valence-electron chi connectivity index (χ1n) is 7.46. The number of aliphatic hydroxyl groups is 1. The summed E-state index contributed by atoms with van der Waals surface area (Å²) in [5.41, 5.74) is 3.59. The molecule has 0 aliphatic heterocycles. The number of aliphatic hydroxyl groups excluding tert-OH is 1. The first-order chi connectivity index (χ1) is 10.2. The number of rotatable bonds is 4. The maximum atomic E-state index is 12.9. The Hall–Kier alpha value is -1.71. The van der Waals surface area contributed by atoms with Gasteiger partial charge >= 0.3 is 0 Å². The SMILES string of the molecule is OC(CNC1CCc2ccccc2C1)c1ccc(F)cc1. The molecule has 2 nitrogen and oxygen atoms in total. The molecule has 110 valence electrons. The molecular formula is C18H20FNO. The zero-order valence-electron chi connectivity index (χ0n) is 11.9. The van der Waals surface area contributed by atoms with Crippen molar-refractivity contribution in [1.82, 2.24) is 5.32 Å². The third kappa shape index (κ3) is 3.49. The molecule has 0 spiro atoms. The van der Waals surface area contributed by atoms with Crippen LogP contribution >= 0.6 is 0 Å². The Morgan fingerprint density at radius 2 is 1.81 bits per heavy atom. The fourth-order valence-electron chi connectivity index (χ4n) is 2.95. The van der Waals surface area contributed by atoms with Gasteiger partial charge < -0.3 is 10.4 Å². The molecule has 2 aromatic rings. The summed E-state index contributed by atoms with van der Waals surface area (Å²) >= 11 is 0. The predicted octanol–water partition coefficient (Wildman–Crippen LogP) is 3.01. The molecule has 2 atom stereocenters. The van der Waals surface area contributed by atoms with E-state index in [2.05, 4.69) is 29.6 Å². The predicted molar refractivity (Wildman–Crippen MR) is 81.6 cm³/mol. The van der Waals surface area contributed by atoms with Crippen LogP contribution in [0.15, 0.2) is 48.5 Å². The number of hydrogen-bond donors (Lipinski definition) is 2. The molecule has 0 fully saturated rings. The molecular weight excluding hydrogens is 265 g/mol. The summed E-state index contributed by atoms with van der Waals surface area (Å²) in [5, 5.41) is 13.6. The van der Waals surface area contributed by atoms with Crippen molar-refractivity contribution in [2.24, 2.45) is 0 Å². The minimum Gasteiger partial charge on any atom is -0.387 e. The second kappa shape index (κ2) is 6.37. The zero-order valence-corrected chi connectivity index (χ0v) is 11.9. The Balaban J connectivity index is 1.55. The molecule has 0 saturated carbocycles. The molecule has 1 aliphatic rings. The molecule has 0 aromatic heterocycles. The van der Waals surface area contributed by atoms with E-state index in [-0.39, 0.29) is 5.82 Å². The highest BCUT2D eigenvalue weighted by Crippen LogP contribution is 2.21. The van der Waals surface area contributed by atoms with E-state index in [1.54, 1.807) is 12.1 Å². The average Bonchev–Trinajstić information content (AvgIpc) is 2.53. The van der Waals surface area contributed by atoms with Crippen LogP contribution in [0, 0.1) is 5.82 Å². The Labute approximate surface area is 124 Å². The number of halogens is 1. The van der Waals surface area contributed by atoms with Gasteiger partial charge in [-0.15, -0.1) is 0 Å². The summed E-state index contributed by atoms with van der Waals surface area (Å²) in [6.45, 7) is 0.498. The molecule has 3 heteroatoms. The first kappa shape index (κ1) is 14.2. The number of aryl methyl sites for hydroxylation is 1. The van der Waals surface area contributed by atoms with Crippen molar-refractivity contribution in [2.45, 2.75) is 31.4 Å². The molecule has 1 aliphatic carbocycles. The van der Waals surface area contributed by atoms with Crippen LogP contribution in [0.3, 0.4) is 0 Å². The minimum absolute atomic E-state index is 0.275. The molecule has 0 heterocycles. The van der Waals surface area contributed by atoms with Crippen molar-refractivity contribution in [2.75, 3.05) is 6.54 Å².